The molecule has 33 heavy (non-hydrogen) atoms. The molecular weight excluding hydrogens is 416 g/mol. The first-order valence-electron chi connectivity index (χ1n) is 11.8. The Balaban J connectivity index is 1.48. The molecule has 3 aromatic heterocycles. The molecule has 176 valence electrons. The first-order chi connectivity index (χ1) is 16.0. The molecule has 0 saturated carbocycles. The summed E-state index contributed by atoms with van der Waals surface area (Å²) in [6.45, 7) is 13.0. The lowest BCUT2D eigenvalue weighted by Gasteiger charge is -2.45. The average molecular weight is 451 g/mol. The molecule has 0 N–H and O–H groups in total. The maximum atomic E-state index is 5.92. The highest BCUT2D eigenvalue weighted by molar-refractivity contribution is 5.48. The van der Waals surface area contributed by atoms with Gasteiger partial charge in [0.25, 0.3) is 0 Å². The van der Waals surface area contributed by atoms with E-state index >= 15 is 0 Å². The summed E-state index contributed by atoms with van der Waals surface area (Å²) < 4.78 is 7.77. The van der Waals surface area contributed by atoms with Crippen LogP contribution in [0.5, 0.6) is 0 Å². The molecule has 0 spiro atoms. The molecule has 3 atom stereocenters. The van der Waals surface area contributed by atoms with E-state index in [-0.39, 0.29) is 18.2 Å². The lowest BCUT2D eigenvalue weighted by atomic mass is 10.1. The number of unbranched alkanes of at least 4 members (excludes halogenated alkanes) is 1. The Labute approximate surface area is 195 Å². The zero-order valence-corrected chi connectivity index (χ0v) is 20.2. The van der Waals surface area contributed by atoms with Crippen LogP contribution in [0.1, 0.15) is 58.2 Å². The third-order valence-corrected chi connectivity index (χ3v) is 5.97. The number of anilines is 2. The normalized spacial score (nSPS) is 19.7. The minimum Gasteiger partial charge on any atom is -0.371 e. The second kappa shape index (κ2) is 10.2. The molecule has 9 nitrogen and oxygen atoms in total. The van der Waals surface area contributed by atoms with E-state index in [1.807, 2.05) is 49.1 Å². The molecule has 4 heterocycles. The van der Waals surface area contributed by atoms with Gasteiger partial charge in [-0.25, -0.2) is 19.9 Å². The van der Waals surface area contributed by atoms with Crippen molar-refractivity contribution < 1.29 is 4.74 Å². The van der Waals surface area contributed by atoms with Crippen LogP contribution in [0.25, 0.3) is 5.95 Å². The molecular formula is C24H34N8O. The highest BCUT2D eigenvalue weighted by Gasteiger charge is 2.31. The molecule has 0 radical (unpaired) electrons. The van der Waals surface area contributed by atoms with Gasteiger partial charge >= 0.3 is 0 Å². The highest BCUT2D eigenvalue weighted by Crippen LogP contribution is 2.26. The Bertz CT molecular complexity index is 1040. The van der Waals surface area contributed by atoms with Gasteiger partial charge in [0.1, 0.15) is 24.1 Å². The Hall–Kier alpha value is -3.07. The molecule has 1 fully saturated rings. The lowest BCUT2D eigenvalue weighted by molar-refractivity contribution is 0.0578. The van der Waals surface area contributed by atoms with E-state index in [4.69, 9.17) is 14.7 Å². The van der Waals surface area contributed by atoms with Crippen molar-refractivity contribution in [1.29, 1.82) is 0 Å². The fourth-order valence-electron chi connectivity index (χ4n) is 4.31. The second-order valence-corrected chi connectivity index (χ2v) is 8.79. The van der Waals surface area contributed by atoms with E-state index in [9.17, 15) is 0 Å². The second-order valence-electron chi connectivity index (χ2n) is 8.79. The number of hydrogen-bond donors (Lipinski definition) is 0. The Kier molecular flexibility index (Phi) is 7.17. The minimum absolute atomic E-state index is 0.116. The number of imidazole rings is 1. The zero-order chi connectivity index (χ0) is 23.4. The van der Waals surface area contributed by atoms with Crippen LogP contribution in [0.15, 0.2) is 37.1 Å². The van der Waals surface area contributed by atoms with Crippen molar-refractivity contribution in [3.8, 4) is 5.95 Å². The van der Waals surface area contributed by atoms with E-state index in [0.717, 1.165) is 55.7 Å². The van der Waals surface area contributed by atoms with Crippen LogP contribution in [0.4, 0.5) is 11.6 Å². The van der Waals surface area contributed by atoms with Gasteiger partial charge in [0, 0.05) is 50.4 Å². The van der Waals surface area contributed by atoms with Gasteiger partial charge in [-0.2, -0.15) is 4.98 Å². The Morgan fingerprint density at radius 1 is 1.03 bits per heavy atom. The first kappa shape index (κ1) is 23.1. The van der Waals surface area contributed by atoms with E-state index in [2.05, 4.69) is 45.5 Å². The van der Waals surface area contributed by atoms with Gasteiger partial charge in [-0.05, 0) is 46.2 Å². The molecule has 0 bridgehead atoms. The molecule has 3 aromatic rings. The van der Waals surface area contributed by atoms with Crippen molar-refractivity contribution in [2.75, 3.05) is 29.5 Å². The van der Waals surface area contributed by atoms with Crippen LogP contribution < -0.4 is 9.80 Å². The SMILES string of the molecule is CCCCO[C@H](C)c1nccc(N2[C@H](C)CN(c3ccnc(-n4cnc(C)c4)n3)C[C@@H]2C)n1. The highest BCUT2D eigenvalue weighted by atomic mass is 16.5. The summed E-state index contributed by atoms with van der Waals surface area (Å²) in [6.07, 6.45) is 9.38. The van der Waals surface area contributed by atoms with Crippen LogP contribution >= 0.6 is 0 Å². The Morgan fingerprint density at radius 3 is 2.45 bits per heavy atom. The van der Waals surface area contributed by atoms with Crippen LogP contribution in [0, 0.1) is 6.92 Å². The largest absolute Gasteiger partial charge is 0.371 e. The quantitative estimate of drug-likeness (QED) is 0.480. The van der Waals surface area contributed by atoms with Crippen molar-refractivity contribution in [2.45, 2.75) is 65.6 Å². The average Bonchev–Trinajstić information content (AvgIpc) is 3.25. The molecule has 1 aliphatic heterocycles. The van der Waals surface area contributed by atoms with Gasteiger partial charge in [-0.1, -0.05) is 13.3 Å². The van der Waals surface area contributed by atoms with Crippen molar-refractivity contribution in [3.63, 3.8) is 0 Å². The van der Waals surface area contributed by atoms with E-state index in [1.54, 1.807) is 6.33 Å². The molecule has 4 rings (SSSR count). The van der Waals surface area contributed by atoms with Crippen LogP contribution in [0.3, 0.4) is 0 Å². The number of piperazine rings is 1. The monoisotopic (exact) mass is 450 g/mol. The van der Waals surface area contributed by atoms with Crippen molar-refractivity contribution >= 4 is 11.6 Å². The summed E-state index contributed by atoms with van der Waals surface area (Å²) in [5.41, 5.74) is 0.939. The van der Waals surface area contributed by atoms with Gasteiger partial charge < -0.3 is 14.5 Å². The smallest absolute Gasteiger partial charge is 0.236 e. The summed E-state index contributed by atoms with van der Waals surface area (Å²) in [4.78, 5) is 27.5. The fraction of sp³-hybridized carbons (Fsp3) is 0.542. The number of ether oxygens (including phenoxy) is 1. The van der Waals surface area contributed by atoms with E-state index in [1.165, 1.54) is 0 Å². The van der Waals surface area contributed by atoms with Crippen molar-refractivity contribution in [2.24, 2.45) is 0 Å². The summed E-state index contributed by atoms with van der Waals surface area (Å²) in [6, 6.07) is 4.47. The molecule has 0 aromatic carbocycles. The van der Waals surface area contributed by atoms with Gasteiger partial charge in [-0.15, -0.1) is 0 Å². The van der Waals surface area contributed by atoms with E-state index < -0.39 is 0 Å². The summed E-state index contributed by atoms with van der Waals surface area (Å²) in [5, 5.41) is 0. The number of aromatic nitrogens is 6. The molecule has 0 unspecified atom stereocenters. The van der Waals surface area contributed by atoms with Crippen molar-refractivity contribution in [3.05, 3.63) is 48.6 Å². The van der Waals surface area contributed by atoms with Crippen LogP contribution in [-0.2, 0) is 4.74 Å². The Morgan fingerprint density at radius 2 is 1.76 bits per heavy atom. The third-order valence-electron chi connectivity index (χ3n) is 5.97. The summed E-state index contributed by atoms with van der Waals surface area (Å²) >= 11 is 0. The summed E-state index contributed by atoms with van der Waals surface area (Å²) in [7, 11) is 0. The fourth-order valence-corrected chi connectivity index (χ4v) is 4.31. The third kappa shape index (κ3) is 5.30. The molecule has 9 heteroatoms. The molecule has 1 saturated heterocycles. The van der Waals surface area contributed by atoms with Crippen LogP contribution in [0.2, 0.25) is 0 Å². The van der Waals surface area contributed by atoms with Gasteiger partial charge in [0.15, 0.2) is 5.82 Å². The molecule has 0 aliphatic carbocycles. The maximum Gasteiger partial charge on any atom is 0.236 e. The standard InChI is InChI=1S/C24H34N8O/c1-6-7-12-33-20(5)23-25-10-9-22(28-23)32-18(3)14-30(15-19(32)4)21-8-11-26-24(29-21)31-13-17(2)27-16-31/h8-11,13,16,18-20H,6-7,12,14-15H2,1-5H3/t18-,19+,20-/m1/s1. The number of rotatable bonds is 8. The van der Waals surface area contributed by atoms with Gasteiger partial charge in [0.2, 0.25) is 5.95 Å². The number of hydrogen-bond acceptors (Lipinski definition) is 8. The first-order valence-corrected chi connectivity index (χ1v) is 11.8. The number of aryl methyl sites for hydroxylation is 1. The van der Waals surface area contributed by atoms with E-state index in [0.29, 0.717) is 5.95 Å². The molecule has 0 amide bonds. The van der Waals surface area contributed by atoms with Crippen LogP contribution in [-0.4, -0.2) is 61.3 Å². The lowest BCUT2D eigenvalue weighted by Crippen LogP contribution is -2.57. The minimum atomic E-state index is -0.116. The van der Waals surface area contributed by atoms with Gasteiger partial charge in [-0.3, -0.25) is 4.57 Å². The predicted octanol–water partition coefficient (Wildman–Crippen LogP) is 3.74. The van der Waals surface area contributed by atoms with Gasteiger partial charge in [0.05, 0.1) is 5.69 Å². The summed E-state index contributed by atoms with van der Waals surface area (Å²) in [5.74, 6) is 3.24. The van der Waals surface area contributed by atoms with Crippen molar-refractivity contribution in [1.82, 2.24) is 29.5 Å². The zero-order valence-electron chi connectivity index (χ0n) is 20.2. The maximum absolute atomic E-state index is 5.92. The predicted molar refractivity (Wildman–Crippen MR) is 129 cm³/mol. The molecule has 1 aliphatic rings. The number of nitrogens with zero attached hydrogens (tertiary/aromatic N) is 8. The topological polar surface area (TPSA) is 85.1 Å².